The van der Waals surface area contributed by atoms with Gasteiger partial charge in [0.15, 0.2) is 0 Å². The summed E-state index contributed by atoms with van der Waals surface area (Å²) in [5.74, 6) is 0.994. The van der Waals surface area contributed by atoms with Gasteiger partial charge in [0.2, 0.25) is 5.91 Å². The average Bonchev–Trinajstić information content (AvgIpc) is 3.12. The summed E-state index contributed by atoms with van der Waals surface area (Å²) in [7, 11) is 0. The van der Waals surface area contributed by atoms with E-state index in [1.807, 2.05) is 73.1 Å². The number of benzene rings is 2. The first-order valence-corrected chi connectivity index (χ1v) is 10.1. The van der Waals surface area contributed by atoms with Crippen molar-refractivity contribution in [1.82, 2.24) is 14.9 Å². The van der Waals surface area contributed by atoms with E-state index in [1.165, 1.54) is 0 Å². The Morgan fingerprint density at radius 3 is 2.48 bits per heavy atom. The molecule has 3 aromatic rings. The zero-order valence-corrected chi connectivity index (χ0v) is 16.9. The van der Waals surface area contributed by atoms with E-state index < -0.39 is 0 Å². The van der Waals surface area contributed by atoms with Crippen LogP contribution >= 0.6 is 23.4 Å². The molecular weight excluding hydrogens is 378 g/mol. The number of carbonyl (C=O) groups excluding carboxylic acids is 1. The minimum absolute atomic E-state index is 0.0481. The Morgan fingerprint density at radius 1 is 1.19 bits per heavy atom. The first-order chi connectivity index (χ1) is 13.1. The molecular formula is C21H22ClN3OS. The van der Waals surface area contributed by atoms with Crippen molar-refractivity contribution < 1.29 is 4.79 Å². The molecule has 140 valence electrons. The number of hydrogen-bond acceptors (Lipinski definition) is 3. The molecule has 0 fully saturated rings. The number of imidazole rings is 1. The molecule has 1 amide bonds. The summed E-state index contributed by atoms with van der Waals surface area (Å²) in [4.78, 5) is 17.8. The fourth-order valence-corrected chi connectivity index (χ4v) is 3.83. The summed E-state index contributed by atoms with van der Waals surface area (Å²) in [5, 5.41) is 3.62. The lowest BCUT2D eigenvalue weighted by Gasteiger charge is -2.15. The number of aromatic nitrogens is 2. The van der Waals surface area contributed by atoms with Gasteiger partial charge in [0.1, 0.15) is 5.82 Å². The largest absolute Gasteiger partial charge is 0.351 e. The van der Waals surface area contributed by atoms with Gasteiger partial charge in [-0.1, -0.05) is 30.7 Å². The summed E-state index contributed by atoms with van der Waals surface area (Å²) >= 11 is 7.48. The smallest absolute Gasteiger partial charge is 0.233 e. The number of thioether (sulfide) groups is 1. The summed E-state index contributed by atoms with van der Waals surface area (Å²) in [6, 6.07) is 15.7. The van der Waals surface area contributed by atoms with E-state index in [4.69, 9.17) is 11.6 Å². The molecule has 0 spiro atoms. The van der Waals surface area contributed by atoms with Gasteiger partial charge in [-0.15, -0.1) is 11.8 Å². The third-order valence-electron chi connectivity index (χ3n) is 4.26. The van der Waals surface area contributed by atoms with Gasteiger partial charge in [-0.3, -0.25) is 4.79 Å². The van der Waals surface area contributed by atoms with Crippen LogP contribution in [0.25, 0.3) is 5.69 Å². The number of rotatable bonds is 7. The highest BCUT2D eigenvalue weighted by Crippen LogP contribution is 2.26. The molecule has 0 radical (unpaired) electrons. The minimum atomic E-state index is -0.126. The fraction of sp³-hybridized carbons (Fsp3) is 0.238. The van der Waals surface area contributed by atoms with Gasteiger partial charge in [0, 0.05) is 34.5 Å². The van der Waals surface area contributed by atoms with Gasteiger partial charge in [0.05, 0.1) is 5.25 Å². The molecule has 3 rings (SSSR count). The topological polar surface area (TPSA) is 46.9 Å². The van der Waals surface area contributed by atoms with E-state index in [1.54, 1.807) is 18.0 Å². The van der Waals surface area contributed by atoms with Gasteiger partial charge in [-0.2, -0.15) is 0 Å². The third-order valence-corrected chi connectivity index (χ3v) is 5.89. The highest BCUT2D eigenvalue weighted by atomic mass is 35.5. The van der Waals surface area contributed by atoms with Gasteiger partial charge in [0.25, 0.3) is 0 Å². The predicted octanol–water partition coefficient (Wildman–Crippen LogP) is 5.02. The number of nitrogens with zero attached hydrogens (tertiary/aromatic N) is 2. The Kier molecular flexibility index (Phi) is 6.58. The second kappa shape index (κ2) is 9.11. The van der Waals surface area contributed by atoms with Crippen LogP contribution in [0.4, 0.5) is 0 Å². The second-order valence-corrected chi connectivity index (χ2v) is 7.91. The average molecular weight is 400 g/mol. The van der Waals surface area contributed by atoms with Crippen molar-refractivity contribution in [3.8, 4) is 5.69 Å². The number of amides is 1. The Balaban J connectivity index is 1.57. The summed E-state index contributed by atoms with van der Waals surface area (Å²) in [6.45, 7) is 4.51. The number of hydrogen-bond donors (Lipinski definition) is 1. The molecule has 0 aliphatic carbocycles. The SMILES string of the molecule is CCC(Sc1ccc(Cl)cc1)C(=O)NCc1ccc(-n2ccnc2C)cc1. The van der Waals surface area contributed by atoms with Crippen LogP contribution in [-0.2, 0) is 11.3 Å². The number of carbonyl (C=O) groups is 1. The number of nitrogens with one attached hydrogen (secondary N) is 1. The maximum Gasteiger partial charge on any atom is 0.233 e. The van der Waals surface area contributed by atoms with E-state index in [2.05, 4.69) is 10.3 Å². The molecule has 0 aliphatic rings. The van der Waals surface area contributed by atoms with Crippen LogP contribution in [0.5, 0.6) is 0 Å². The summed E-state index contributed by atoms with van der Waals surface area (Å²) in [5.41, 5.74) is 2.13. The number of aryl methyl sites for hydroxylation is 1. The van der Waals surface area contributed by atoms with Crippen LogP contribution < -0.4 is 5.32 Å². The summed E-state index contributed by atoms with van der Waals surface area (Å²) in [6.07, 6.45) is 4.48. The van der Waals surface area contributed by atoms with Gasteiger partial charge < -0.3 is 9.88 Å². The minimum Gasteiger partial charge on any atom is -0.351 e. The molecule has 0 saturated carbocycles. The molecule has 1 unspecified atom stereocenters. The molecule has 0 saturated heterocycles. The Labute approximate surface area is 169 Å². The molecule has 1 atom stereocenters. The van der Waals surface area contributed by atoms with Crippen LogP contribution in [0.1, 0.15) is 24.7 Å². The first kappa shape index (κ1) is 19.5. The van der Waals surface area contributed by atoms with Crippen LogP contribution in [0.15, 0.2) is 65.8 Å². The van der Waals surface area contributed by atoms with Crippen molar-refractivity contribution >= 4 is 29.3 Å². The van der Waals surface area contributed by atoms with E-state index in [0.29, 0.717) is 11.6 Å². The van der Waals surface area contributed by atoms with Crippen molar-refractivity contribution in [2.24, 2.45) is 0 Å². The van der Waals surface area contributed by atoms with E-state index in [0.717, 1.165) is 28.4 Å². The molecule has 27 heavy (non-hydrogen) atoms. The van der Waals surface area contributed by atoms with Crippen molar-refractivity contribution in [2.75, 3.05) is 0 Å². The third kappa shape index (κ3) is 5.15. The molecule has 4 nitrogen and oxygen atoms in total. The highest BCUT2D eigenvalue weighted by molar-refractivity contribution is 8.00. The Morgan fingerprint density at radius 2 is 1.89 bits per heavy atom. The molecule has 6 heteroatoms. The normalized spacial score (nSPS) is 12.0. The lowest BCUT2D eigenvalue weighted by molar-refractivity contribution is -0.120. The van der Waals surface area contributed by atoms with Crippen LogP contribution in [0.3, 0.4) is 0 Å². The second-order valence-electron chi connectivity index (χ2n) is 6.20. The van der Waals surface area contributed by atoms with E-state index in [-0.39, 0.29) is 11.2 Å². The molecule has 0 bridgehead atoms. The van der Waals surface area contributed by atoms with Gasteiger partial charge >= 0.3 is 0 Å². The Bertz CT molecular complexity index is 891. The lowest BCUT2D eigenvalue weighted by atomic mass is 10.2. The van der Waals surface area contributed by atoms with Crippen molar-refractivity contribution in [2.45, 2.75) is 37.0 Å². The molecule has 1 aromatic heterocycles. The lowest BCUT2D eigenvalue weighted by Crippen LogP contribution is -2.31. The maximum absolute atomic E-state index is 12.5. The molecule has 2 aromatic carbocycles. The van der Waals surface area contributed by atoms with Crippen LogP contribution in [0.2, 0.25) is 5.02 Å². The Hall–Kier alpha value is -2.24. The van der Waals surface area contributed by atoms with Gasteiger partial charge in [-0.25, -0.2) is 4.98 Å². The monoisotopic (exact) mass is 399 g/mol. The summed E-state index contributed by atoms with van der Waals surface area (Å²) < 4.78 is 2.03. The zero-order chi connectivity index (χ0) is 19.2. The molecule has 1 heterocycles. The predicted molar refractivity (Wildman–Crippen MR) is 112 cm³/mol. The highest BCUT2D eigenvalue weighted by Gasteiger charge is 2.17. The zero-order valence-electron chi connectivity index (χ0n) is 15.4. The standard InChI is InChI=1S/C21H22ClN3OS/c1-3-20(27-19-10-6-17(22)7-11-19)21(26)24-14-16-4-8-18(9-5-16)25-13-12-23-15(25)2/h4-13,20H,3,14H2,1-2H3,(H,24,26). The number of halogens is 1. The van der Waals surface area contributed by atoms with Crippen molar-refractivity contribution in [1.29, 1.82) is 0 Å². The van der Waals surface area contributed by atoms with Crippen LogP contribution in [0, 0.1) is 6.92 Å². The van der Waals surface area contributed by atoms with Crippen molar-refractivity contribution in [3.05, 3.63) is 77.3 Å². The quantitative estimate of drug-likeness (QED) is 0.567. The fourth-order valence-electron chi connectivity index (χ4n) is 2.73. The van der Waals surface area contributed by atoms with E-state index in [9.17, 15) is 4.79 Å². The van der Waals surface area contributed by atoms with E-state index >= 15 is 0 Å². The van der Waals surface area contributed by atoms with Crippen molar-refractivity contribution in [3.63, 3.8) is 0 Å². The van der Waals surface area contributed by atoms with Crippen LogP contribution in [-0.4, -0.2) is 20.7 Å². The first-order valence-electron chi connectivity index (χ1n) is 8.86. The molecule has 1 N–H and O–H groups in total. The maximum atomic E-state index is 12.5. The van der Waals surface area contributed by atoms with Gasteiger partial charge in [-0.05, 0) is 55.3 Å². The molecule has 0 aliphatic heterocycles.